The lowest BCUT2D eigenvalue weighted by Gasteiger charge is -2.37. The Morgan fingerprint density at radius 2 is 1.90 bits per heavy atom. The van der Waals surface area contributed by atoms with E-state index in [4.69, 9.17) is 15.2 Å². The van der Waals surface area contributed by atoms with Crippen LogP contribution in [-0.4, -0.2) is 56.0 Å². The monoisotopic (exact) mass is 437 g/mol. The highest BCUT2D eigenvalue weighted by Gasteiger charge is 2.41. The maximum absolute atomic E-state index is 11.8. The quantitative estimate of drug-likeness (QED) is 0.289. The Morgan fingerprint density at radius 1 is 1.17 bits per heavy atom. The Balaban J connectivity index is 1.95. The molecule has 10 heteroatoms. The lowest BCUT2D eigenvalue weighted by atomic mass is 9.93. The van der Waals surface area contributed by atoms with Crippen LogP contribution in [0.25, 0.3) is 0 Å². The van der Waals surface area contributed by atoms with E-state index in [1.165, 1.54) is 24.3 Å². The van der Waals surface area contributed by atoms with E-state index in [9.17, 15) is 30.3 Å². The smallest absolute Gasteiger partial charge is 0.323 e. The van der Waals surface area contributed by atoms with Crippen LogP contribution < -0.4 is 10.5 Å². The fraction of sp³-hybridized carbons (Fsp3) is 0.350. The number of hydrogen-bond donors (Lipinski definition) is 6. The minimum absolute atomic E-state index is 0.0911. The number of fused-ring (bicyclic) bond motifs is 1. The summed E-state index contributed by atoms with van der Waals surface area (Å²) in [6.45, 7) is 1.85. The predicted octanol–water partition coefficient (Wildman–Crippen LogP) is 1.67. The number of rotatable bonds is 6. The van der Waals surface area contributed by atoms with Crippen LogP contribution in [0.15, 0.2) is 30.3 Å². The van der Waals surface area contributed by atoms with Crippen molar-refractivity contribution in [2.75, 3.05) is 12.4 Å². The second kappa shape index (κ2) is 8.90. The van der Waals surface area contributed by atoms with Crippen molar-refractivity contribution in [1.29, 1.82) is 0 Å². The molecule has 0 bridgehead atoms. The molecule has 0 saturated heterocycles. The summed E-state index contributed by atoms with van der Waals surface area (Å²) >= 11 is 1.13. The summed E-state index contributed by atoms with van der Waals surface area (Å²) in [7, 11) is 0. The molecule has 0 saturated carbocycles. The van der Waals surface area contributed by atoms with Crippen LogP contribution in [0, 0.1) is 0 Å². The number of aliphatic hydroxyl groups is 1. The van der Waals surface area contributed by atoms with Gasteiger partial charge in [-0.05, 0) is 24.6 Å². The molecule has 2 aromatic rings. The number of phenolic OH excluding ortho intramolecular Hbond substituents is 4. The third-order valence-corrected chi connectivity index (χ3v) is 6.06. The van der Waals surface area contributed by atoms with Crippen molar-refractivity contribution < 1.29 is 39.8 Å². The molecule has 1 heterocycles. The van der Waals surface area contributed by atoms with Gasteiger partial charge in [0.15, 0.2) is 17.6 Å². The van der Waals surface area contributed by atoms with Crippen molar-refractivity contribution in [3.05, 3.63) is 41.5 Å². The summed E-state index contributed by atoms with van der Waals surface area (Å²) in [6, 6.07) is 5.47. The first kappa shape index (κ1) is 21.9. The first-order valence-electron chi connectivity index (χ1n) is 9.19. The third-order valence-electron chi connectivity index (χ3n) is 4.64. The van der Waals surface area contributed by atoms with Crippen LogP contribution in [0.3, 0.4) is 0 Å². The number of carbonyl (C=O) groups excluding carboxylic acids is 1. The summed E-state index contributed by atoms with van der Waals surface area (Å²) in [5.74, 6) is -1.58. The largest absolute Gasteiger partial charge is 0.508 e. The molecule has 0 aromatic heterocycles. The number of benzene rings is 2. The number of ether oxygens (including phenoxy) is 2. The zero-order valence-electron chi connectivity index (χ0n) is 16.1. The topological polar surface area (TPSA) is 163 Å². The molecular formula is C20H23NO8S. The van der Waals surface area contributed by atoms with E-state index in [1.807, 2.05) is 0 Å². The number of nitrogens with two attached hydrogens (primary N) is 1. The molecule has 0 spiro atoms. The van der Waals surface area contributed by atoms with Gasteiger partial charge in [-0.15, -0.1) is 11.8 Å². The second-order valence-electron chi connectivity index (χ2n) is 6.77. The van der Waals surface area contributed by atoms with Gasteiger partial charge < -0.3 is 40.7 Å². The Kier molecular flexibility index (Phi) is 6.49. The number of aliphatic hydroxyl groups excluding tert-OH is 1. The van der Waals surface area contributed by atoms with Gasteiger partial charge in [-0.3, -0.25) is 4.79 Å². The van der Waals surface area contributed by atoms with Gasteiger partial charge in [-0.25, -0.2) is 0 Å². The number of hydrogen-bond acceptors (Lipinski definition) is 10. The Labute approximate surface area is 176 Å². The average molecular weight is 437 g/mol. The van der Waals surface area contributed by atoms with E-state index < -0.39 is 29.5 Å². The SMILES string of the molecule is CCOC(=O)[C@@H](N)CS[C@H]1c2c(O)cc(O)cc2O[C@H](c2ccc(O)c(O)c2)[C@@H]1O. The van der Waals surface area contributed by atoms with E-state index in [0.29, 0.717) is 5.56 Å². The second-order valence-corrected chi connectivity index (χ2v) is 7.94. The molecule has 0 unspecified atom stereocenters. The fourth-order valence-electron chi connectivity index (χ4n) is 3.21. The number of thioether (sulfide) groups is 1. The number of phenols is 4. The summed E-state index contributed by atoms with van der Waals surface area (Å²) in [5.41, 5.74) is 6.48. The van der Waals surface area contributed by atoms with Crippen molar-refractivity contribution in [1.82, 2.24) is 0 Å². The third kappa shape index (κ3) is 4.35. The van der Waals surface area contributed by atoms with Crippen LogP contribution in [-0.2, 0) is 9.53 Å². The summed E-state index contributed by atoms with van der Waals surface area (Å²) in [6.07, 6.45) is -2.20. The van der Waals surface area contributed by atoms with Crippen LogP contribution in [0.2, 0.25) is 0 Å². The van der Waals surface area contributed by atoms with Crippen molar-refractivity contribution in [2.24, 2.45) is 5.73 Å². The fourth-order valence-corrected chi connectivity index (χ4v) is 4.50. The molecule has 30 heavy (non-hydrogen) atoms. The first-order chi connectivity index (χ1) is 14.2. The van der Waals surface area contributed by atoms with Gasteiger partial charge in [-0.2, -0.15) is 0 Å². The highest BCUT2D eigenvalue weighted by molar-refractivity contribution is 7.99. The van der Waals surface area contributed by atoms with Crippen molar-refractivity contribution in [3.8, 4) is 28.7 Å². The van der Waals surface area contributed by atoms with Crippen LogP contribution in [0.5, 0.6) is 28.7 Å². The van der Waals surface area contributed by atoms with Crippen LogP contribution in [0.1, 0.15) is 29.4 Å². The molecule has 1 aliphatic rings. The van der Waals surface area contributed by atoms with Crippen molar-refractivity contribution >= 4 is 17.7 Å². The number of aromatic hydroxyl groups is 4. The Bertz CT molecular complexity index is 937. The van der Waals surface area contributed by atoms with Gasteiger partial charge in [0.25, 0.3) is 0 Å². The molecule has 1 aliphatic heterocycles. The van der Waals surface area contributed by atoms with Gasteiger partial charge in [0, 0.05) is 17.9 Å². The van der Waals surface area contributed by atoms with Crippen LogP contribution in [0.4, 0.5) is 0 Å². The highest BCUT2D eigenvalue weighted by Crippen LogP contribution is 2.52. The normalized spacial score (nSPS) is 21.4. The molecule has 162 valence electrons. The molecule has 0 radical (unpaired) electrons. The minimum atomic E-state index is -1.21. The summed E-state index contributed by atoms with van der Waals surface area (Å²) in [5, 5.41) is 49.8. The van der Waals surface area contributed by atoms with E-state index in [2.05, 4.69) is 0 Å². The molecular weight excluding hydrogens is 414 g/mol. The molecule has 2 aromatic carbocycles. The predicted molar refractivity (Wildman–Crippen MR) is 109 cm³/mol. The average Bonchev–Trinajstić information content (AvgIpc) is 2.69. The minimum Gasteiger partial charge on any atom is -0.508 e. The molecule has 4 atom stereocenters. The van der Waals surface area contributed by atoms with E-state index in [-0.39, 0.29) is 46.7 Å². The van der Waals surface area contributed by atoms with Crippen molar-refractivity contribution in [2.45, 2.75) is 30.4 Å². The first-order valence-corrected chi connectivity index (χ1v) is 10.2. The zero-order valence-corrected chi connectivity index (χ0v) is 16.9. The highest BCUT2D eigenvalue weighted by atomic mass is 32.2. The Morgan fingerprint density at radius 3 is 2.57 bits per heavy atom. The molecule has 0 fully saturated rings. The maximum atomic E-state index is 11.8. The van der Waals surface area contributed by atoms with Crippen LogP contribution >= 0.6 is 11.8 Å². The molecule has 0 amide bonds. The van der Waals surface area contributed by atoms with Crippen molar-refractivity contribution in [3.63, 3.8) is 0 Å². The maximum Gasteiger partial charge on any atom is 0.323 e. The van der Waals surface area contributed by atoms with Gasteiger partial charge in [0.2, 0.25) is 0 Å². The molecule has 7 N–H and O–H groups in total. The number of esters is 1. The molecule has 3 rings (SSSR count). The standard InChI is InChI=1S/C20H23NO8S/c1-2-28-20(27)11(21)8-30-19-16-14(25)6-10(22)7-15(16)29-18(17(19)26)9-3-4-12(23)13(24)5-9/h3-7,11,17-19,22-26H,2,8,21H2,1H3/t11-,17-,18+,19-/m0/s1. The summed E-state index contributed by atoms with van der Waals surface area (Å²) in [4.78, 5) is 11.8. The van der Waals surface area contributed by atoms with E-state index in [0.717, 1.165) is 17.8 Å². The van der Waals surface area contributed by atoms with Gasteiger partial charge in [-0.1, -0.05) is 6.07 Å². The zero-order chi connectivity index (χ0) is 22.0. The molecule has 0 aliphatic carbocycles. The lowest BCUT2D eigenvalue weighted by molar-refractivity contribution is -0.144. The Hall–Kier alpha value is -2.82. The molecule has 9 nitrogen and oxygen atoms in total. The van der Waals surface area contributed by atoms with E-state index in [1.54, 1.807) is 6.92 Å². The van der Waals surface area contributed by atoms with E-state index >= 15 is 0 Å². The van der Waals surface area contributed by atoms with Gasteiger partial charge in [0.05, 0.1) is 17.4 Å². The summed E-state index contributed by atoms with van der Waals surface area (Å²) < 4.78 is 10.7. The number of carbonyl (C=O) groups is 1. The van der Waals surface area contributed by atoms with Gasteiger partial charge >= 0.3 is 5.97 Å². The van der Waals surface area contributed by atoms with Gasteiger partial charge in [0.1, 0.15) is 29.4 Å². The lowest BCUT2D eigenvalue weighted by Crippen LogP contribution is -2.37.